The number of aliphatic hydroxyl groups is 2. The number of rotatable bonds is 6. The van der Waals surface area contributed by atoms with Crippen LogP contribution in [0.5, 0.6) is 0 Å². The lowest BCUT2D eigenvalue weighted by molar-refractivity contribution is 0.0733. The molecular weight excluding hydrogens is 312 g/mol. The topological polar surface area (TPSA) is 46.9 Å². The third-order valence-electron chi connectivity index (χ3n) is 5.05. The maximum atomic E-state index is 9.14. The molecule has 134 valence electrons. The van der Waals surface area contributed by atoms with Crippen LogP contribution in [-0.4, -0.2) is 45.7 Å². The van der Waals surface area contributed by atoms with E-state index in [1.165, 1.54) is 11.1 Å². The first-order chi connectivity index (χ1) is 12.2. The molecule has 1 atom stereocenters. The Morgan fingerprint density at radius 1 is 0.760 bits per heavy atom. The second-order valence-electron chi connectivity index (χ2n) is 7.00. The van der Waals surface area contributed by atoms with Crippen molar-refractivity contribution in [1.82, 2.24) is 9.80 Å². The van der Waals surface area contributed by atoms with Crippen LogP contribution in [0, 0.1) is 0 Å². The van der Waals surface area contributed by atoms with Crippen LogP contribution in [0.15, 0.2) is 48.5 Å². The Kier molecular flexibility index (Phi) is 6.21. The van der Waals surface area contributed by atoms with Gasteiger partial charge in [-0.3, -0.25) is 9.80 Å². The van der Waals surface area contributed by atoms with Gasteiger partial charge in [0.25, 0.3) is 0 Å². The SMILES string of the molecule is C[C@H]1CN(Cc2ccc(CO)cc2)CCN1Cc1ccc(CO)cc1. The van der Waals surface area contributed by atoms with Crippen LogP contribution in [0.4, 0.5) is 0 Å². The molecule has 25 heavy (non-hydrogen) atoms. The van der Waals surface area contributed by atoms with Gasteiger partial charge in [-0.25, -0.2) is 0 Å². The van der Waals surface area contributed by atoms with Crippen molar-refractivity contribution in [2.45, 2.75) is 39.3 Å². The third-order valence-corrected chi connectivity index (χ3v) is 5.05. The molecule has 2 aromatic rings. The van der Waals surface area contributed by atoms with E-state index in [1.807, 2.05) is 24.3 Å². The summed E-state index contributed by atoms with van der Waals surface area (Å²) in [4.78, 5) is 5.03. The Morgan fingerprint density at radius 2 is 1.24 bits per heavy atom. The molecular formula is C21H28N2O2. The van der Waals surface area contributed by atoms with Crippen LogP contribution in [-0.2, 0) is 26.3 Å². The Hall–Kier alpha value is -1.72. The quantitative estimate of drug-likeness (QED) is 0.848. The van der Waals surface area contributed by atoms with Crippen LogP contribution in [0.3, 0.4) is 0 Å². The molecule has 0 unspecified atom stereocenters. The summed E-state index contributed by atoms with van der Waals surface area (Å²) in [6.45, 7) is 7.64. The molecule has 0 aromatic heterocycles. The van der Waals surface area contributed by atoms with E-state index in [0.29, 0.717) is 6.04 Å². The summed E-state index contributed by atoms with van der Waals surface area (Å²) < 4.78 is 0. The minimum Gasteiger partial charge on any atom is -0.392 e. The van der Waals surface area contributed by atoms with Gasteiger partial charge in [0, 0.05) is 38.8 Å². The molecule has 2 aromatic carbocycles. The summed E-state index contributed by atoms with van der Waals surface area (Å²) in [5.41, 5.74) is 4.54. The predicted molar refractivity (Wildman–Crippen MR) is 99.9 cm³/mol. The molecule has 1 aliphatic heterocycles. The Labute approximate surface area is 150 Å². The van der Waals surface area contributed by atoms with Crippen molar-refractivity contribution in [2.24, 2.45) is 0 Å². The number of nitrogens with zero attached hydrogens (tertiary/aromatic N) is 2. The molecule has 2 N–H and O–H groups in total. The molecule has 3 rings (SSSR count). The number of hydrogen-bond acceptors (Lipinski definition) is 4. The average molecular weight is 340 g/mol. The van der Waals surface area contributed by atoms with Gasteiger partial charge in [-0.1, -0.05) is 48.5 Å². The minimum atomic E-state index is 0.106. The molecule has 0 saturated carbocycles. The number of benzene rings is 2. The summed E-state index contributed by atoms with van der Waals surface area (Å²) >= 11 is 0. The molecule has 0 amide bonds. The number of aliphatic hydroxyl groups excluding tert-OH is 2. The first-order valence-electron chi connectivity index (χ1n) is 9.01. The average Bonchev–Trinajstić information content (AvgIpc) is 2.65. The van der Waals surface area contributed by atoms with Gasteiger partial charge in [0.1, 0.15) is 0 Å². The highest BCUT2D eigenvalue weighted by Gasteiger charge is 2.23. The van der Waals surface area contributed by atoms with Crippen LogP contribution >= 0.6 is 0 Å². The molecule has 1 heterocycles. The standard InChI is InChI=1S/C21H28N2O2/c1-17-12-22(13-18-2-6-20(15-24)7-3-18)10-11-23(17)14-19-4-8-21(16-25)9-5-19/h2-9,17,24-25H,10-16H2,1H3/t17-/m0/s1. The van der Waals surface area contributed by atoms with E-state index >= 15 is 0 Å². The largest absolute Gasteiger partial charge is 0.392 e. The van der Waals surface area contributed by atoms with Gasteiger partial charge in [0.2, 0.25) is 0 Å². The molecule has 1 fully saturated rings. The van der Waals surface area contributed by atoms with E-state index in [1.54, 1.807) is 0 Å². The van der Waals surface area contributed by atoms with Gasteiger partial charge >= 0.3 is 0 Å². The van der Waals surface area contributed by atoms with E-state index in [-0.39, 0.29) is 13.2 Å². The fraction of sp³-hybridized carbons (Fsp3) is 0.429. The highest BCUT2D eigenvalue weighted by Crippen LogP contribution is 2.17. The van der Waals surface area contributed by atoms with Gasteiger partial charge in [0.15, 0.2) is 0 Å². The van der Waals surface area contributed by atoms with E-state index in [2.05, 4.69) is 41.0 Å². The Bertz CT molecular complexity index is 655. The third kappa shape index (κ3) is 4.89. The van der Waals surface area contributed by atoms with E-state index < -0.39 is 0 Å². The highest BCUT2D eigenvalue weighted by molar-refractivity contribution is 5.23. The normalized spacial score (nSPS) is 19.2. The smallest absolute Gasteiger partial charge is 0.0681 e. The van der Waals surface area contributed by atoms with Crippen LogP contribution in [0.2, 0.25) is 0 Å². The zero-order valence-corrected chi connectivity index (χ0v) is 14.9. The molecule has 0 radical (unpaired) electrons. The van der Waals surface area contributed by atoms with Gasteiger partial charge in [-0.2, -0.15) is 0 Å². The van der Waals surface area contributed by atoms with Crippen LogP contribution in [0.25, 0.3) is 0 Å². The Balaban J connectivity index is 1.52. The second-order valence-corrected chi connectivity index (χ2v) is 7.00. The van der Waals surface area contributed by atoms with E-state index in [9.17, 15) is 0 Å². The molecule has 0 aliphatic carbocycles. The summed E-state index contributed by atoms with van der Waals surface area (Å²) in [5.74, 6) is 0. The maximum absolute atomic E-state index is 9.14. The van der Waals surface area contributed by atoms with Crippen LogP contribution in [0.1, 0.15) is 29.2 Å². The maximum Gasteiger partial charge on any atom is 0.0681 e. The summed E-state index contributed by atoms with van der Waals surface area (Å²) in [7, 11) is 0. The molecule has 0 spiro atoms. The van der Waals surface area contributed by atoms with Crippen molar-refractivity contribution in [3.05, 3.63) is 70.8 Å². The van der Waals surface area contributed by atoms with Crippen molar-refractivity contribution in [1.29, 1.82) is 0 Å². The van der Waals surface area contributed by atoms with Gasteiger partial charge in [0.05, 0.1) is 13.2 Å². The fourth-order valence-corrected chi connectivity index (χ4v) is 3.44. The number of piperazine rings is 1. The lowest BCUT2D eigenvalue weighted by atomic mass is 10.1. The lowest BCUT2D eigenvalue weighted by Gasteiger charge is -2.40. The zero-order valence-electron chi connectivity index (χ0n) is 14.9. The molecule has 4 nitrogen and oxygen atoms in total. The van der Waals surface area contributed by atoms with Crippen molar-refractivity contribution < 1.29 is 10.2 Å². The van der Waals surface area contributed by atoms with Crippen molar-refractivity contribution in [3.8, 4) is 0 Å². The van der Waals surface area contributed by atoms with E-state index in [4.69, 9.17) is 10.2 Å². The van der Waals surface area contributed by atoms with Crippen molar-refractivity contribution in [2.75, 3.05) is 19.6 Å². The minimum absolute atomic E-state index is 0.106. The molecule has 0 bridgehead atoms. The summed E-state index contributed by atoms with van der Waals surface area (Å²) in [6.07, 6.45) is 0. The molecule has 1 aliphatic rings. The first kappa shape index (κ1) is 18.1. The predicted octanol–water partition coefficient (Wildman–Crippen LogP) is 2.38. The second kappa shape index (κ2) is 8.59. The highest BCUT2D eigenvalue weighted by atomic mass is 16.3. The zero-order chi connectivity index (χ0) is 17.6. The Morgan fingerprint density at radius 3 is 1.72 bits per heavy atom. The monoisotopic (exact) mass is 340 g/mol. The van der Waals surface area contributed by atoms with Crippen molar-refractivity contribution >= 4 is 0 Å². The van der Waals surface area contributed by atoms with Crippen LogP contribution < -0.4 is 0 Å². The van der Waals surface area contributed by atoms with Gasteiger partial charge in [-0.15, -0.1) is 0 Å². The van der Waals surface area contributed by atoms with Crippen molar-refractivity contribution in [3.63, 3.8) is 0 Å². The van der Waals surface area contributed by atoms with E-state index in [0.717, 1.165) is 43.9 Å². The number of hydrogen-bond donors (Lipinski definition) is 2. The fourth-order valence-electron chi connectivity index (χ4n) is 3.44. The summed E-state index contributed by atoms with van der Waals surface area (Å²) in [5, 5.41) is 18.3. The van der Waals surface area contributed by atoms with Gasteiger partial charge in [-0.05, 0) is 29.2 Å². The summed E-state index contributed by atoms with van der Waals surface area (Å²) in [6, 6.07) is 17.0. The molecule has 4 heteroatoms. The first-order valence-corrected chi connectivity index (χ1v) is 9.01. The molecule has 1 saturated heterocycles. The van der Waals surface area contributed by atoms with Gasteiger partial charge < -0.3 is 10.2 Å². The lowest BCUT2D eigenvalue weighted by Crippen LogP contribution is -2.50.